The Labute approximate surface area is 125 Å². The maximum absolute atomic E-state index is 8.76. The number of ether oxygens (including phenoxy) is 1. The summed E-state index contributed by atoms with van der Waals surface area (Å²) in [6.07, 6.45) is 0.749. The van der Waals surface area contributed by atoms with Crippen LogP contribution in [0.3, 0.4) is 0 Å². The van der Waals surface area contributed by atoms with E-state index in [9.17, 15) is 0 Å². The van der Waals surface area contributed by atoms with Crippen LogP contribution in [-0.2, 0) is 6.42 Å². The second-order valence-corrected chi connectivity index (χ2v) is 5.46. The number of hydrogen-bond donors (Lipinski definition) is 2. The molecule has 3 N–H and O–H groups in total. The Morgan fingerprint density at radius 1 is 1.55 bits per heavy atom. The molecule has 0 fully saturated rings. The van der Waals surface area contributed by atoms with Crippen LogP contribution in [0.2, 0.25) is 5.02 Å². The fourth-order valence-corrected chi connectivity index (χ4v) is 2.63. The van der Waals surface area contributed by atoms with Crippen LogP contribution < -0.4 is 10.5 Å². The van der Waals surface area contributed by atoms with Crippen LogP contribution in [0.5, 0.6) is 5.75 Å². The number of nitrogens with two attached hydrogens (primary N) is 1. The summed E-state index contributed by atoms with van der Waals surface area (Å²) in [5.74, 6) is 0.487. The van der Waals surface area contributed by atoms with Gasteiger partial charge in [0.05, 0.1) is 23.4 Å². The van der Waals surface area contributed by atoms with Crippen molar-refractivity contribution >= 4 is 28.8 Å². The van der Waals surface area contributed by atoms with E-state index < -0.39 is 0 Å². The first-order valence-corrected chi connectivity index (χ1v) is 7.16. The molecule has 20 heavy (non-hydrogen) atoms. The molecule has 0 saturated heterocycles. The Morgan fingerprint density at radius 3 is 3.00 bits per heavy atom. The fourth-order valence-electron chi connectivity index (χ4n) is 1.70. The summed E-state index contributed by atoms with van der Waals surface area (Å²) in [5, 5.41) is 12.3. The number of benzene rings is 1. The molecule has 1 aromatic carbocycles. The molecule has 0 radical (unpaired) electrons. The number of thiazole rings is 1. The first-order valence-electron chi connectivity index (χ1n) is 5.91. The predicted molar refractivity (Wildman–Crippen MR) is 80.0 cm³/mol. The van der Waals surface area contributed by atoms with Gasteiger partial charge in [-0.05, 0) is 25.1 Å². The summed E-state index contributed by atoms with van der Waals surface area (Å²) < 4.78 is 5.69. The van der Waals surface area contributed by atoms with Crippen molar-refractivity contribution in [2.45, 2.75) is 13.3 Å². The average Bonchev–Trinajstić information content (AvgIpc) is 2.84. The van der Waals surface area contributed by atoms with E-state index in [0.717, 1.165) is 12.1 Å². The molecule has 0 amide bonds. The summed E-state index contributed by atoms with van der Waals surface area (Å²) in [4.78, 5) is 5.36. The molecule has 2 aromatic rings. The second kappa shape index (κ2) is 6.58. The molecule has 0 spiro atoms. The zero-order valence-corrected chi connectivity index (χ0v) is 12.4. The van der Waals surface area contributed by atoms with Crippen molar-refractivity contribution in [3.05, 3.63) is 44.9 Å². The van der Waals surface area contributed by atoms with Gasteiger partial charge in [-0.2, -0.15) is 0 Å². The summed E-state index contributed by atoms with van der Waals surface area (Å²) in [6.45, 7) is 2.43. The van der Waals surface area contributed by atoms with Crippen LogP contribution in [0, 0.1) is 6.92 Å². The zero-order valence-electron chi connectivity index (χ0n) is 10.8. The average molecular weight is 312 g/mol. The molecule has 0 aliphatic rings. The van der Waals surface area contributed by atoms with Crippen molar-refractivity contribution in [1.82, 2.24) is 4.98 Å². The monoisotopic (exact) mass is 311 g/mol. The van der Waals surface area contributed by atoms with Gasteiger partial charge in [-0.3, -0.25) is 0 Å². The Morgan fingerprint density at radius 2 is 2.35 bits per heavy atom. The van der Waals surface area contributed by atoms with E-state index in [4.69, 9.17) is 27.3 Å². The molecule has 0 bridgehead atoms. The van der Waals surface area contributed by atoms with Crippen LogP contribution >= 0.6 is 22.9 Å². The number of halogens is 1. The highest BCUT2D eigenvalue weighted by Crippen LogP contribution is 2.24. The molecule has 7 heteroatoms. The Balaban J connectivity index is 2.09. The van der Waals surface area contributed by atoms with Crippen LogP contribution in [-0.4, -0.2) is 22.6 Å². The lowest BCUT2D eigenvalue weighted by Gasteiger charge is -2.10. The van der Waals surface area contributed by atoms with Crippen molar-refractivity contribution < 1.29 is 9.94 Å². The molecule has 1 aromatic heterocycles. The summed E-state index contributed by atoms with van der Waals surface area (Å²) in [6, 6.07) is 4.97. The van der Waals surface area contributed by atoms with Gasteiger partial charge in [0, 0.05) is 16.3 Å². The lowest BCUT2D eigenvalue weighted by atomic mass is 10.2. The SMILES string of the molecule is Cc1ncsc1CCOc1cc(Cl)ccc1C(N)=NO. The Hall–Kier alpha value is -1.79. The highest BCUT2D eigenvalue weighted by Gasteiger charge is 2.10. The second-order valence-electron chi connectivity index (χ2n) is 4.09. The number of aryl methyl sites for hydroxylation is 1. The van der Waals surface area contributed by atoms with E-state index in [0.29, 0.717) is 22.9 Å². The van der Waals surface area contributed by atoms with Gasteiger partial charge in [-0.25, -0.2) is 4.98 Å². The molecular formula is C13H14ClN3O2S. The number of oxime groups is 1. The first kappa shape index (κ1) is 14.6. The normalized spacial score (nSPS) is 11.6. The topological polar surface area (TPSA) is 80.7 Å². The summed E-state index contributed by atoms with van der Waals surface area (Å²) in [5.41, 5.74) is 8.94. The van der Waals surface area contributed by atoms with Gasteiger partial charge in [0.2, 0.25) is 0 Å². The zero-order chi connectivity index (χ0) is 14.5. The number of rotatable bonds is 5. The lowest BCUT2D eigenvalue weighted by Crippen LogP contribution is -2.15. The first-order chi connectivity index (χ1) is 9.61. The largest absolute Gasteiger partial charge is 0.492 e. The molecule has 5 nitrogen and oxygen atoms in total. The maximum atomic E-state index is 8.76. The van der Waals surface area contributed by atoms with Crippen LogP contribution in [0.1, 0.15) is 16.1 Å². The molecule has 0 atom stereocenters. The molecule has 0 unspecified atom stereocenters. The predicted octanol–water partition coefficient (Wildman–Crippen LogP) is 2.82. The Bertz CT molecular complexity index is 628. The molecule has 2 rings (SSSR count). The minimum Gasteiger partial charge on any atom is -0.492 e. The Kier molecular flexibility index (Phi) is 4.81. The van der Waals surface area contributed by atoms with Crippen molar-refractivity contribution in [3.63, 3.8) is 0 Å². The number of nitrogens with zero attached hydrogens (tertiary/aromatic N) is 2. The highest BCUT2D eigenvalue weighted by atomic mass is 35.5. The molecule has 1 heterocycles. The smallest absolute Gasteiger partial charge is 0.173 e. The summed E-state index contributed by atoms with van der Waals surface area (Å²) in [7, 11) is 0. The number of hydrogen-bond acceptors (Lipinski definition) is 5. The van der Waals surface area contributed by atoms with E-state index in [2.05, 4.69) is 10.1 Å². The highest BCUT2D eigenvalue weighted by molar-refractivity contribution is 7.09. The van der Waals surface area contributed by atoms with Crippen LogP contribution in [0.25, 0.3) is 0 Å². The van der Waals surface area contributed by atoms with E-state index >= 15 is 0 Å². The number of aromatic nitrogens is 1. The van der Waals surface area contributed by atoms with E-state index in [1.54, 1.807) is 29.5 Å². The quantitative estimate of drug-likeness (QED) is 0.385. The maximum Gasteiger partial charge on any atom is 0.173 e. The minimum absolute atomic E-state index is 0.00867. The van der Waals surface area contributed by atoms with E-state index in [-0.39, 0.29) is 5.84 Å². The van der Waals surface area contributed by atoms with E-state index in [1.165, 1.54) is 4.88 Å². The van der Waals surface area contributed by atoms with Gasteiger partial charge in [0.1, 0.15) is 5.75 Å². The van der Waals surface area contributed by atoms with Gasteiger partial charge in [-0.15, -0.1) is 11.3 Å². The van der Waals surface area contributed by atoms with Gasteiger partial charge in [0.25, 0.3) is 0 Å². The number of amidine groups is 1. The van der Waals surface area contributed by atoms with Gasteiger partial charge in [-0.1, -0.05) is 16.8 Å². The lowest BCUT2D eigenvalue weighted by molar-refractivity contribution is 0.314. The van der Waals surface area contributed by atoms with Crippen molar-refractivity contribution in [1.29, 1.82) is 0 Å². The fraction of sp³-hybridized carbons (Fsp3) is 0.231. The third-order valence-electron chi connectivity index (χ3n) is 2.76. The molecule has 0 saturated carbocycles. The van der Waals surface area contributed by atoms with Crippen molar-refractivity contribution in [3.8, 4) is 5.75 Å². The summed E-state index contributed by atoms with van der Waals surface area (Å²) >= 11 is 7.53. The van der Waals surface area contributed by atoms with Gasteiger partial charge in [0.15, 0.2) is 5.84 Å². The van der Waals surface area contributed by atoms with Crippen molar-refractivity contribution in [2.24, 2.45) is 10.9 Å². The molecule has 106 valence electrons. The molecular weight excluding hydrogens is 298 g/mol. The third-order valence-corrected chi connectivity index (χ3v) is 3.99. The standard InChI is InChI=1S/C13H14ClN3O2S/c1-8-12(20-7-16-8)4-5-19-11-6-9(14)2-3-10(11)13(15)17-18/h2-3,6-7,18H,4-5H2,1H3,(H2,15,17). The van der Waals surface area contributed by atoms with Crippen LogP contribution in [0.4, 0.5) is 0 Å². The molecule has 0 aliphatic carbocycles. The van der Waals surface area contributed by atoms with Gasteiger partial charge >= 0.3 is 0 Å². The third kappa shape index (κ3) is 3.40. The van der Waals surface area contributed by atoms with Crippen LogP contribution in [0.15, 0.2) is 28.9 Å². The van der Waals surface area contributed by atoms with Crippen molar-refractivity contribution in [2.75, 3.05) is 6.61 Å². The minimum atomic E-state index is -0.00867. The van der Waals surface area contributed by atoms with Gasteiger partial charge < -0.3 is 15.7 Å². The van der Waals surface area contributed by atoms with E-state index in [1.807, 2.05) is 12.4 Å². The molecule has 0 aliphatic heterocycles.